The minimum atomic E-state index is -0.105. The third-order valence-electron chi connectivity index (χ3n) is 10.4. The van der Waals surface area contributed by atoms with E-state index < -0.39 is 0 Å². The molecule has 0 amide bonds. The minimum Gasteiger partial charge on any atom is -0.135 e. The molecule has 0 radical (unpaired) electrons. The zero-order valence-electron chi connectivity index (χ0n) is 25.8. The molecule has 0 aliphatic heterocycles. The zero-order chi connectivity index (χ0) is 30.6. The zero-order valence-corrected chi connectivity index (χ0v) is 26.6. The summed E-state index contributed by atoms with van der Waals surface area (Å²) in [7, 11) is 0. The molecule has 0 unspecified atom stereocenters. The van der Waals surface area contributed by atoms with Crippen LogP contribution in [0.2, 0.25) is 0 Å². The SMILES string of the molecule is CC1(C)c2cc(-c3c4ccccc4c(-c4ccc5sc6ccccc6c5c4)c4ccccc34)ccc2-c2ccc3ccccc3c21. The van der Waals surface area contributed by atoms with Crippen LogP contribution in [0.5, 0.6) is 0 Å². The smallest absolute Gasteiger partial charge is 0.0355 e. The largest absolute Gasteiger partial charge is 0.135 e. The maximum Gasteiger partial charge on any atom is 0.0355 e. The Hall–Kier alpha value is -5.24. The average molecular weight is 603 g/mol. The van der Waals surface area contributed by atoms with E-state index in [1.807, 2.05) is 11.3 Å². The minimum absolute atomic E-state index is 0.105. The van der Waals surface area contributed by atoms with Gasteiger partial charge in [0, 0.05) is 25.6 Å². The Morgan fingerprint density at radius 3 is 1.63 bits per heavy atom. The van der Waals surface area contributed by atoms with Crippen molar-refractivity contribution in [3.8, 4) is 33.4 Å². The number of hydrogen-bond acceptors (Lipinski definition) is 1. The number of benzene rings is 8. The van der Waals surface area contributed by atoms with Gasteiger partial charge in [0.2, 0.25) is 0 Å². The highest BCUT2D eigenvalue weighted by Crippen LogP contribution is 2.53. The third kappa shape index (κ3) is 3.49. The molecule has 1 heterocycles. The normalized spacial score (nSPS) is 13.6. The standard InChI is InChI=1S/C45H30S/c1-45(2)39-26-29(20-22-31(39)37-23-19-27-11-3-4-12-30(27)44(37)45)43-35-16-7-5-14-33(35)42(34-15-6-8-17-36(34)43)28-21-24-41-38(25-28)32-13-9-10-18-40(32)46-41/h3-26H,1-2H3. The van der Waals surface area contributed by atoms with Crippen molar-refractivity contribution in [1.82, 2.24) is 0 Å². The Morgan fingerprint density at radius 2 is 0.935 bits per heavy atom. The fourth-order valence-corrected chi connectivity index (χ4v) is 9.47. The van der Waals surface area contributed by atoms with Gasteiger partial charge in [-0.1, -0.05) is 135 Å². The second kappa shape index (κ2) is 9.39. The van der Waals surface area contributed by atoms with Gasteiger partial charge in [-0.2, -0.15) is 0 Å². The van der Waals surface area contributed by atoms with E-state index in [4.69, 9.17) is 0 Å². The average Bonchev–Trinajstić information content (AvgIpc) is 3.58. The van der Waals surface area contributed by atoms with Crippen molar-refractivity contribution in [2.45, 2.75) is 19.3 Å². The van der Waals surface area contributed by atoms with Gasteiger partial charge in [-0.05, 0) is 101 Å². The van der Waals surface area contributed by atoms with E-state index in [9.17, 15) is 0 Å². The molecule has 1 aromatic heterocycles. The maximum absolute atomic E-state index is 2.49. The maximum atomic E-state index is 2.49. The van der Waals surface area contributed by atoms with Gasteiger partial charge >= 0.3 is 0 Å². The molecule has 0 bridgehead atoms. The highest BCUT2D eigenvalue weighted by atomic mass is 32.1. The first-order chi connectivity index (χ1) is 22.6. The highest BCUT2D eigenvalue weighted by Gasteiger charge is 2.37. The Morgan fingerprint density at radius 1 is 0.413 bits per heavy atom. The molecule has 0 N–H and O–H groups in total. The van der Waals surface area contributed by atoms with Crippen molar-refractivity contribution in [3.63, 3.8) is 0 Å². The summed E-state index contributed by atoms with van der Waals surface area (Å²) in [6, 6.07) is 54.6. The first kappa shape index (κ1) is 26.0. The molecule has 216 valence electrons. The van der Waals surface area contributed by atoms with Crippen molar-refractivity contribution in [2.75, 3.05) is 0 Å². The second-order valence-corrected chi connectivity index (χ2v) is 14.3. The van der Waals surface area contributed by atoms with Crippen LogP contribution in [0.25, 0.3) is 85.9 Å². The van der Waals surface area contributed by atoms with Crippen LogP contribution in [0, 0.1) is 0 Å². The van der Waals surface area contributed by atoms with Gasteiger partial charge in [-0.15, -0.1) is 11.3 Å². The van der Waals surface area contributed by atoms with Crippen molar-refractivity contribution in [2.24, 2.45) is 0 Å². The summed E-state index contributed by atoms with van der Waals surface area (Å²) in [6.07, 6.45) is 0. The van der Waals surface area contributed by atoms with Gasteiger partial charge in [0.05, 0.1) is 0 Å². The molecule has 1 aliphatic carbocycles. The van der Waals surface area contributed by atoms with Crippen molar-refractivity contribution in [1.29, 1.82) is 0 Å². The Labute approximate surface area is 272 Å². The van der Waals surface area contributed by atoms with Gasteiger partial charge in [0.25, 0.3) is 0 Å². The first-order valence-corrected chi connectivity index (χ1v) is 16.9. The van der Waals surface area contributed by atoms with Crippen LogP contribution in [0.1, 0.15) is 25.0 Å². The van der Waals surface area contributed by atoms with Crippen LogP contribution in [-0.4, -0.2) is 0 Å². The molecule has 9 aromatic rings. The fraction of sp³-hybridized carbons (Fsp3) is 0.0667. The summed E-state index contributed by atoms with van der Waals surface area (Å²) in [4.78, 5) is 0. The van der Waals surface area contributed by atoms with Gasteiger partial charge in [0.1, 0.15) is 0 Å². The lowest BCUT2D eigenvalue weighted by atomic mass is 9.79. The predicted octanol–water partition coefficient (Wildman–Crippen LogP) is 13.2. The van der Waals surface area contributed by atoms with Crippen LogP contribution in [-0.2, 0) is 5.41 Å². The summed E-state index contributed by atoms with van der Waals surface area (Å²) in [5, 5.41) is 10.5. The fourth-order valence-electron chi connectivity index (χ4n) is 8.39. The summed E-state index contributed by atoms with van der Waals surface area (Å²) < 4.78 is 2.68. The molecular formula is C45H30S. The van der Waals surface area contributed by atoms with Gasteiger partial charge < -0.3 is 0 Å². The van der Waals surface area contributed by atoms with E-state index in [-0.39, 0.29) is 5.41 Å². The Bertz CT molecular complexity index is 2660. The van der Waals surface area contributed by atoms with Crippen LogP contribution in [0.3, 0.4) is 0 Å². The topological polar surface area (TPSA) is 0 Å². The molecule has 1 heteroatoms. The number of hydrogen-bond donors (Lipinski definition) is 0. The van der Waals surface area contributed by atoms with E-state index in [0.29, 0.717) is 0 Å². The summed E-state index contributed by atoms with van der Waals surface area (Å²) in [6.45, 7) is 4.80. The molecule has 0 fully saturated rings. The second-order valence-electron chi connectivity index (χ2n) is 13.2. The molecule has 0 saturated heterocycles. The Balaban J connectivity index is 1.24. The first-order valence-electron chi connectivity index (χ1n) is 16.1. The molecule has 0 spiro atoms. The van der Waals surface area contributed by atoms with Gasteiger partial charge in [0.15, 0.2) is 0 Å². The lowest BCUT2D eigenvalue weighted by molar-refractivity contribution is 0.666. The summed E-state index contributed by atoms with van der Waals surface area (Å²) in [5.41, 5.74) is 10.6. The van der Waals surface area contributed by atoms with Crippen molar-refractivity contribution < 1.29 is 0 Å². The van der Waals surface area contributed by atoms with Crippen LogP contribution < -0.4 is 0 Å². The molecule has 1 aliphatic rings. The molecule has 0 nitrogen and oxygen atoms in total. The quantitative estimate of drug-likeness (QED) is 0.173. The third-order valence-corrected chi connectivity index (χ3v) is 11.6. The van der Waals surface area contributed by atoms with E-state index >= 15 is 0 Å². The molecule has 0 atom stereocenters. The lowest BCUT2D eigenvalue weighted by Crippen LogP contribution is -2.15. The van der Waals surface area contributed by atoms with E-state index in [0.717, 1.165) is 0 Å². The van der Waals surface area contributed by atoms with Gasteiger partial charge in [-0.3, -0.25) is 0 Å². The molecule has 10 rings (SSSR count). The highest BCUT2D eigenvalue weighted by molar-refractivity contribution is 7.25. The van der Waals surface area contributed by atoms with Crippen molar-refractivity contribution >= 4 is 63.8 Å². The molecule has 46 heavy (non-hydrogen) atoms. The summed E-state index contributed by atoms with van der Waals surface area (Å²) in [5.74, 6) is 0. The molecule has 0 saturated carbocycles. The van der Waals surface area contributed by atoms with Crippen LogP contribution >= 0.6 is 11.3 Å². The van der Waals surface area contributed by atoms with Crippen LogP contribution in [0.15, 0.2) is 146 Å². The van der Waals surface area contributed by atoms with Crippen molar-refractivity contribution in [3.05, 3.63) is 157 Å². The molecule has 8 aromatic carbocycles. The number of rotatable bonds is 2. The van der Waals surface area contributed by atoms with E-state index in [1.54, 1.807) is 0 Å². The van der Waals surface area contributed by atoms with E-state index in [2.05, 4.69) is 159 Å². The van der Waals surface area contributed by atoms with Crippen LogP contribution in [0.4, 0.5) is 0 Å². The predicted molar refractivity (Wildman–Crippen MR) is 200 cm³/mol. The number of fused-ring (bicyclic) bond motifs is 10. The summed E-state index contributed by atoms with van der Waals surface area (Å²) >= 11 is 1.88. The number of thiophene rings is 1. The Kier molecular flexibility index (Phi) is 5.31. The lowest BCUT2D eigenvalue weighted by Gasteiger charge is -2.24. The van der Waals surface area contributed by atoms with E-state index in [1.165, 1.54) is 97.0 Å². The van der Waals surface area contributed by atoms with Gasteiger partial charge in [-0.25, -0.2) is 0 Å². The molecular weight excluding hydrogens is 573 g/mol. The monoisotopic (exact) mass is 602 g/mol.